The lowest BCUT2D eigenvalue weighted by atomic mass is 9.86. The van der Waals surface area contributed by atoms with Gasteiger partial charge < -0.3 is 5.32 Å². The summed E-state index contributed by atoms with van der Waals surface area (Å²) in [5.74, 6) is -3.57. The van der Waals surface area contributed by atoms with Crippen LogP contribution in [0.1, 0.15) is 19.4 Å². The first-order chi connectivity index (χ1) is 7.83. The molecule has 0 bridgehead atoms. The summed E-state index contributed by atoms with van der Waals surface area (Å²) in [4.78, 5) is 11.1. The molecule has 1 aromatic carbocycles. The highest BCUT2D eigenvalue weighted by Crippen LogP contribution is 2.38. The largest absolute Gasteiger partial charge is 0.341 e. The molecule has 0 spiro atoms. The Bertz CT molecular complexity index is 397. The minimum Gasteiger partial charge on any atom is -0.341 e. The Labute approximate surface area is 108 Å². The summed E-state index contributed by atoms with van der Waals surface area (Å²) in [7, 11) is 0. The van der Waals surface area contributed by atoms with E-state index in [0.717, 1.165) is 0 Å². The fourth-order valence-corrected chi connectivity index (χ4v) is 2.19. The number of amides is 1. The van der Waals surface area contributed by atoms with E-state index in [1.165, 1.54) is 13.8 Å². The molecule has 94 valence electrons. The van der Waals surface area contributed by atoms with Gasteiger partial charge in [-0.2, -0.15) is 0 Å². The molecule has 2 nitrogen and oxygen atoms in total. The van der Waals surface area contributed by atoms with Crippen molar-refractivity contribution in [1.82, 2.24) is 5.32 Å². The van der Waals surface area contributed by atoms with Crippen molar-refractivity contribution < 1.29 is 13.6 Å². The van der Waals surface area contributed by atoms with E-state index in [-0.39, 0.29) is 0 Å². The summed E-state index contributed by atoms with van der Waals surface area (Å²) in [5.41, 5.74) is -1.34. The first-order valence-electron chi connectivity index (χ1n) is 5.11. The molecule has 1 N–H and O–H groups in total. The maximum atomic E-state index is 14.0. The monoisotopic (exact) mass is 305 g/mol. The highest BCUT2D eigenvalue weighted by atomic mass is 79.9. The van der Waals surface area contributed by atoms with Gasteiger partial charge in [-0.15, -0.1) is 0 Å². The van der Waals surface area contributed by atoms with Crippen molar-refractivity contribution in [2.24, 2.45) is 0 Å². The van der Waals surface area contributed by atoms with Crippen LogP contribution in [-0.2, 0) is 10.3 Å². The normalized spacial score (nSPS) is 15.1. The first kappa shape index (κ1) is 14.1. The molecule has 1 unspecified atom stereocenters. The number of nitrogens with one attached hydrogen (secondary N) is 1. The first-order valence-corrected chi connectivity index (χ1v) is 6.24. The molecule has 0 heterocycles. The van der Waals surface area contributed by atoms with Crippen molar-refractivity contribution in [2.75, 3.05) is 5.33 Å². The summed E-state index contributed by atoms with van der Waals surface area (Å²) in [6.07, 6.45) is 0. The number of hydrogen-bond acceptors (Lipinski definition) is 1. The molecule has 1 rings (SSSR count). The Balaban J connectivity index is 3.25. The molecular formula is C12H14BrF2NO. The third kappa shape index (κ3) is 2.83. The van der Waals surface area contributed by atoms with Gasteiger partial charge in [0.1, 0.15) is 5.54 Å². The van der Waals surface area contributed by atoms with E-state index in [1.807, 2.05) is 0 Å². The Morgan fingerprint density at radius 2 is 1.88 bits per heavy atom. The fraction of sp³-hybridized carbons (Fsp3) is 0.417. The summed E-state index contributed by atoms with van der Waals surface area (Å²) in [6.45, 7) is 2.55. The number of carbonyl (C=O) groups excluding carboxylic acids is 1. The van der Waals surface area contributed by atoms with Crippen LogP contribution in [0.2, 0.25) is 0 Å². The number of benzene rings is 1. The Kier molecular flexibility index (Phi) is 4.25. The topological polar surface area (TPSA) is 29.1 Å². The van der Waals surface area contributed by atoms with Gasteiger partial charge in [0.25, 0.3) is 5.92 Å². The summed E-state index contributed by atoms with van der Waals surface area (Å²) in [5, 5.41) is 1.82. The van der Waals surface area contributed by atoms with Gasteiger partial charge in [-0.3, -0.25) is 4.79 Å². The van der Waals surface area contributed by atoms with Crippen molar-refractivity contribution in [1.29, 1.82) is 0 Å². The lowest BCUT2D eigenvalue weighted by molar-refractivity contribution is -0.128. The Morgan fingerprint density at radius 3 is 2.29 bits per heavy atom. The standard InChI is InChI=1S/C12H14BrF2NO/c1-9(17)16-11(2,12(14,15)8-13)10-6-4-3-5-7-10/h3-7H,8H2,1-2H3,(H,16,17). The summed E-state index contributed by atoms with van der Waals surface area (Å²) < 4.78 is 28.0. The minimum atomic E-state index is -3.08. The molecule has 17 heavy (non-hydrogen) atoms. The van der Waals surface area contributed by atoms with E-state index in [0.29, 0.717) is 5.56 Å². The zero-order valence-corrected chi connectivity index (χ0v) is 11.2. The molecule has 0 aliphatic heterocycles. The molecule has 0 aliphatic carbocycles. The van der Waals surface area contributed by atoms with Crippen LogP contribution in [0.25, 0.3) is 0 Å². The van der Waals surface area contributed by atoms with Crippen LogP contribution in [0.3, 0.4) is 0 Å². The number of rotatable bonds is 4. The minimum absolute atomic E-state index is 0.375. The Hall–Kier alpha value is -0.970. The van der Waals surface area contributed by atoms with E-state index in [4.69, 9.17) is 0 Å². The lowest BCUT2D eigenvalue weighted by Gasteiger charge is -2.37. The number of halogens is 3. The molecule has 0 fully saturated rings. The molecule has 0 radical (unpaired) electrons. The van der Waals surface area contributed by atoms with Crippen LogP contribution in [-0.4, -0.2) is 17.2 Å². The van der Waals surface area contributed by atoms with Crippen LogP contribution in [0.4, 0.5) is 8.78 Å². The van der Waals surface area contributed by atoms with Crippen LogP contribution < -0.4 is 5.32 Å². The van der Waals surface area contributed by atoms with Crippen LogP contribution in [0, 0.1) is 0 Å². The third-order valence-electron chi connectivity index (χ3n) is 2.68. The number of alkyl halides is 3. The van der Waals surface area contributed by atoms with E-state index < -0.39 is 22.7 Å². The molecule has 1 atom stereocenters. The van der Waals surface area contributed by atoms with Crippen molar-refractivity contribution >= 4 is 21.8 Å². The van der Waals surface area contributed by atoms with E-state index in [9.17, 15) is 13.6 Å². The average molecular weight is 306 g/mol. The molecule has 0 saturated carbocycles. The second-order valence-corrected chi connectivity index (χ2v) is 4.57. The van der Waals surface area contributed by atoms with Crippen LogP contribution in [0.5, 0.6) is 0 Å². The molecule has 0 aliphatic rings. The zero-order valence-electron chi connectivity index (χ0n) is 9.64. The van der Waals surface area contributed by atoms with Crippen molar-refractivity contribution in [3.63, 3.8) is 0 Å². The quantitative estimate of drug-likeness (QED) is 0.851. The highest BCUT2D eigenvalue weighted by molar-refractivity contribution is 9.09. The number of carbonyl (C=O) groups is 1. The number of hydrogen-bond donors (Lipinski definition) is 1. The molecule has 0 aromatic heterocycles. The predicted molar refractivity (Wildman–Crippen MR) is 66.4 cm³/mol. The second-order valence-electron chi connectivity index (χ2n) is 4.01. The van der Waals surface area contributed by atoms with Crippen molar-refractivity contribution in [3.05, 3.63) is 35.9 Å². The molecular weight excluding hydrogens is 292 g/mol. The molecule has 1 amide bonds. The molecule has 0 saturated heterocycles. The maximum absolute atomic E-state index is 14.0. The van der Waals surface area contributed by atoms with E-state index in [2.05, 4.69) is 21.2 Å². The van der Waals surface area contributed by atoms with Gasteiger partial charge in [0, 0.05) is 6.92 Å². The molecule has 1 aromatic rings. The zero-order chi connectivity index (χ0) is 13.1. The van der Waals surface area contributed by atoms with Gasteiger partial charge in [0.2, 0.25) is 5.91 Å². The van der Waals surface area contributed by atoms with Gasteiger partial charge in [-0.25, -0.2) is 8.78 Å². The van der Waals surface area contributed by atoms with E-state index >= 15 is 0 Å². The second kappa shape index (κ2) is 5.12. The van der Waals surface area contributed by atoms with Crippen molar-refractivity contribution in [3.8, 4) is 0 Å². The van der Waals surface area contributed by atoms with Crippen LogP contribution >= 0.6 is 15.9 Å². The van der Waals surface area contributed by atoms with E-state index in [1.54, 1.807) is 30.3 Å². The van der Waals surface area contributed by atoms with Gasteiger partial charge in [0.15, 0.2) is 0 Å². The van der Waals surface area contributed by atoms with Crippen molar-refractivity contribution in [2.45, 2.75) is 25.3 Å². The van der Waals surface area contributed by atoms with Gasteiger partial charge >= 0.3 is 0 Å². The third-order valence-corrected chi connectivity index (χ3v) is 3.38. The highest BCUT2D eigenvalue weighted by Gasteiger charge is 2.51. The average Bonchev–Trinajstić information content (AvgIpc) is 2.29. The van der Waals surface area contributed by atoms with Gasteiger partial charge in [-0.05, 0) is 12.5 Å². The maximum Gasteiger partial charge on any atom is 0.284 e. The van der Waals surface area contributed by atoms with Crippen LogP contribution in [0.15, 0.2) is 30.3 Å². The Morgan fingerprint density at radius 1 is 1.35 bits per heavy atom. The SMILES string of the molecule is CC(=O)NC(C)(c1ccccc1)C(F)(F)CBr. The summed E-state index contributed by atoms with van der Waals surface area (Å²) in [6, 6.07) is 8.22. The summed E-state index contributed by atoms with van der Waals surface area (Å²) >= 11 is 2.79. The van der Waals surface area contributed by atoms with Gasteiger partial charge in [-0.1, -0.05) is 46.3 Å². The predicted octanol–water partition coefficient (Wildman–Crippen LogP) is 3.07. The molecule has 5 heteroatoms. The smallest absolute Gasteiger partial charge is 0.284 e. The fourth-order valence-electron chi connectivity index (χ4n) is 1.63. The van der Waals surface area contributed by atoms with Gasteiger partial charge in [0.05, 0.1) is 5.33 Å². The lowest BCUT2D eigenvalue weighted by Crippen LogP contribution is -2.56.